The number of hydrogen-bond acceptors (Lipinski definition) is 4. The molecule has 1 aromatic heterocycles. The third kappa shape index (κ3) is 5.48. The van der Waals surface area contributed by atoms with Crippen LogP contribution in [0, 0.1) is 5.92 Å². The van der Waals surface area contributed by atoms with Crippen molar-refractivity contribution in [3.05, 3.63) is 5.82 Å². The van der Waals surface area contributed by atoms with Crippen LogP contribution in [0.1, 0.15) is 58.7 Å². The summed E-state index contributed by atoms with van der Waals surface area (Å²) in [4.78, 5) is 4.48. The summed E-state index contributed by atoms with van der Waals surface area (Å²) in [6.45, 7) is 7.72. The van der Waals surface area contributed by atoms with Crippen LogP contribution in [0.25, 0.3) is 0 Å². The molecule has 0 aliphatic heterocycles. The number of aryl methyl sites for hydroxylation is 1. The van der Waals surface area contributed by atoms with Gasteiger partial charge in [0.2, 0.25) is 5.13 Å². The summed E-state index contributed by atoms with van der Waals surface area (Å²) in [5.74, 6) is 1.76. The summed E-state index contributed by atoms with van der Waals surface area (Å²) in [5, 5.41) is 4.42. The molecule has 0 spiro atoms. The number of nitrogens with zero attached hydrogens (tertiary/aromatic N) is 2. The maximum atomic E-state index is 4.48. The number of rotatable bonds is 9. The number of anilines is 1. The maximum Gasteiger partial charge on any atom is 0.202 e. The molecule has 1 heterocycles. The van der Waals surface area contributed by atoms with Crippen molar-refractivity contribution < 1.29 is 0 Å². The van der Waals surface area contributed by atoms with Crippen molar-refractivity contribution in [3.63, 3.8) is 0 Å². The standard InChI is InChI=1S/C13H25N3S/c1-4-7-9-11(6-3)10-14-13-15-12(8-5-2)16-17-13/h11H,4-10H2,1-3H3,(H,14,15,16). The van der Waals surface area contributed by atoms with E-state index in [1.807, 2.05) is 0 Å². The van der Waals surface area contributed by atoms with E-state index in [1.54, 1.807) is 0 Å². The van der Waals surface area contributed by atoms with Crippen LogP contribution in [0.3, 0.4) is 0 Å². The smallest absolute Gasteiger partial charge is 0.202 e. The van der Waals surface area contributed by atoms with E-state index in [0.29, 0.717) is 0 Å². The molecule has 1 atom stereocenters. The minimum Gasteiger partial charge on any atom is -0.360 e. The van der Waals surface area contributed by atoms with Crippen molar-refractivity contribution in [1.82, 2.24) is 9.36 Å². The van der Waals surface area contributed by atoms with Gasteiger partial charge in [-0.25, -0.2) is 4.98 Å². The first kappa shape index (κ1) is 14.4. The molecule has 4 heteroatoms. The van der Waals surface area contributed by atoms with Crippen LogP contribution in [-0.4, -0.2) is 15.9 Å². The minimum atomic E-state index is 0.772. The topological polar surface area (TPSA) is 37.8 Å². The number of aromatic nitrogens is 2. The van der Waals surface area contributed by atoms with Crippen molar-refractivity contribution >= 4 is 16.7 Å². The highest BCUT2D eigenvalue weighted by atomic mass is 32.1. The molecule has 0 aliphatic rings. The molecule has 3 nitrogen and oxygen atoms in total. The van der Waals surface area contributed by atoms with Crippen molar-refractivity contribution in [3.8, 4) is 0 Å². The number of hydrogen-bond donors (Lipinski definition) is 1. The van der Waals surface area contributed by atoms with Gasteiger partial charge in [0.15, 0.2) is 0 Å². The summed E-state index contributed by atoms with van der Waals surface area (Å²) in [7, 11) is 0. The van der Waals surface area contributed by atoms with Gasteiger partial charge in [-0.3, -0.25) is 0 Å². The second-order valence-electron chi connectivity index (χ2n) is 4.56. The zero-order valence-corrected chi connectivity index (χ0v) is 12.1. The molecule has 1 unspecified atom stereocenters. The zero-order chi connectivity index (χ0) is 12.5. The van der Waals surface area contributed by atoms with Crippen LogP contribution in [0.4, 0.5) is 5.13 Å². The minimum absolute atomic E-state index is 0.772. The molecule has 0 saturated heterocycles. The highest BCUT2D eigenvalue weighted by Crippen LogP contribution is 2.16. The monoisotopic (exact) mass is 255 g/mol. The van der Waals surface area contributed by atoms with Gasteiger partial charge in [0.1, 0.15) is 5.82 Å². The molecular formula is C13H25N3S. The molecule has 98 valence electrons. The normalized spacial score (nSPS) is 12.6. The molecule has 0 aromatic carbocycles. The molecule has 0 fully saturated rings. The molecule has 1 N–H and O–H groups in total. The van der Waals surface area contributed by atoms with Gasteiger partial charge in [0.25, 0.3) is 0 Å². The van der Waals surface area contributed by atoms with Crippen LogP contribution >= 0.6 is 11.5 Å². The number of unbranched alkanes of at least 4 members (excludes halogenated alkanes) is 1. The second-order valence-corrected chi connectivity index (χ2v) is 5.32. The Bertz CT molecular complexity index is 299. The molecular weight excluding hydrogens is 230 g/mol. The summed E-state index contributed by atoms with van der Waals surface area (Å²) in [6.07, 6.45) is 7.29. The molecule has 1 rings (SSSR count). The van der Waals surface area contributed by atoms with Gasteiger partial charge in [-0.1, -0.05) is 40.0 Å². The third-order valence-corrected chi connectivity index (χ3v) is 3.74. The Morgan fingerprint density at radius 3 is 2.71 bits per heavy atom. The van der Waals surface area contributed by atoms with E-state index < -0.39 is 0 Å². The molecule has 0 radical (unpaired) electrons. The summed E-state index contributed by atoms with van der Waals surface area (Å²) in [6, 6.07) is 0. The van der Waals surface area contributed by atoms with Crippen LogP contribution in [0.15, 0.2) is 0 Å². The van der Waals surface area contributed by atoms with Gasteiger partial charge in [-0.2, -0.15) is 4.37 Å². The molecule has 0 bridgehead atoms. The highest BCUT2D eigenvalue weighted by Gasteiger charge is 2.07. The van der Waals surface area contributed by atoms with Crippen molar-refractivity contribution in [2.24, 2.45) is 5.92 Å². The van der Waals surface area contributed by atoms with E-state index in [0.717, 1.165) is 36.3 Å². The first-order valence-corrected chi connectivity index (χ1v) is 7.63. The third-order valence-electron chi connectivity index (χ3n) is 3.03. The van der Waals surface area contributed by atoms with Crippen LogP contribution in [0.5, 0.6) is 0 Å². The largest absolute Gasteiger partial charge is 0.360 e. The van der Waals surface area contributed by atoms with Crippen molar-refractivity contribution in [1.29, 1.82) is 0 Å². The Morgan fingerprint density at radius 2 is 2.06 bits per heavy atom. The Morgan fingerprint density at radius 1 is 1.24 bits per heavy atom. The van der Waals surface area contributed by atoms with E-state index in [4.69, 9.17) is 0 Å². The predicted octanol–water partition coefficient (Wildman–Crippen LogP) is 4.12. The first-order valence-electron chi connectivity index (χ1n) is 6.86. The Hall–Kier alpha value is -0.640. The Kier molecular flexibility index (Phi) is 7.17. The van der Waals surface area contributed by atoms with Gasteiger partial charge >= 0.3 is 0 Å². The first-order chi connectivity index (χ1) is 8.30. The van der Waals surface area contributed by atoms with Gasteiger partial charge in [-0.15, -0.1) is 0 Å². The predicted molar refractivity (Wildman–Crippen MR) is 75.7 cm³/mol. The fourth-order valence-electron chi connectivity index (χ4n) is 1.83. The van der Waals surface area contributed by atoms with Crippen LogP contribution in [-0.2, 0) is 6.42 Å². The van der Waals surface area contributed by atoms with E-state index in [1.165, 1.54) is 37.2 Å². The summed E-state index contributed by atoms with van der Waals surface area (Å²) >= 11 is 1.49. The molecule has 1 aromatic rings. The van der Waals surface area contributed by atoms with Crippen molar-refractivity contribution in [2.45, 2.75) is 59.3 Å². The molecule has 0 amide bonds. The quantitative estimate of drug-likeness (QED) is 0.721. The lowest BCUT2D eigenvalue weighted by Gasteiger charge is -2.14. The lowest BCUT2D eigenvalue weighted by atomic mass is 10.00. The van der Waals surface area contributed by atoms with E-state index in [2.05, 4.69) is 35.4 Å². The van der Waals surface area contributed by atoms with E-state index in [-0.39, 0.29) is 0 Å². The molecule has 17 heavy (non-hydrogen) atoms. The fourth-order valence-corrected chi connectivity index (χ4v) is 2.44. The molecule has 0 saturated carbocycles. The lowest BCUT2D eigenvalue weighted by molar-refractivity contribution is 0.472. The van der Waals surface area contributed by atoms with Gasteiger partial charge in [-0.05, 0) is 18.8 Å². The van der Waals surface area contributed by atoms with Crippen LogP contribution in [0.2, 0.25) is 0 Å². The lowest BCUT2D eigenvalue weighted by Crippen LogP contribution is -2.13. The Labute approximate surface area is 109 Å². The number of nitrogens with one attached hydrogen (secondary N) is 1. The maximum absolute atomic E-state index is 4.48. The fraction of sp³-hybridized carbons (Fsp3) is 0.846. The van der Waals surface area contributed by atoms with E-state index >= 15 is 0 Å². The van der Waals surface area contributed by atoms with E-state index in [9.17, 15) is 0 Å². The molecule has 0 aliphatic carbocycles. The zero-order valence-electron chi connectivity index (χ0n) is 11.3. The van der Waals surface area contributed by atoms with Gasteiger partial charge in [0, 0.05) is 24.5 Å². The SMILES string of the molecule is CCCCC(CC)CNc1nc(CCC)ns1. The average Bonchev–Trinajstić information content (AvgIpc) is 2.78. The second kappa shape index (κ2) is 8.45. The Balaban J connectivity index is 2.31. The van der Waals surface area contributed by atoms with Crippen LogP contribution < -0.4 is 5.32 Å². The van der Waals surface area contributed by atoms with Gasteiger partial charge < -0.3 is 5.32 Å². The average molecular weight is 255 g/mol. The van der Waals surface area contributed by atoms with Gasteiger partial charge in [0.05, 0.1) is 0 Å². The summed E-state index contributed by atoms with van der Waals surface area (Å²) in [5.41, 5.74) is 0. The summed E-state index contributed by atoms with van der Waals surface area (Å²) < 4.78 is 4.34. The van der Waals surface area contributed by atoms with Crippen molar-refractivity contribution in [2.75, 3.05) is 11.9 Å². The highest BCUT2D eigenvalue weighted by molar-refractivity contribution is 7.09.